The van der Waals surface area contributed by atoms with Crippen LogP contribution in [0.4, 0.5) is 4.79 Å². The van der Waals surface area contributed by atoms with Gasteiger partial charge in [-0.15, -0.1) is 0 Å². The monoisotopic (exact) mass is 356 g/mol. The van der Waals surface area contributed by atoms with Gasteiger partial charge in [0, 0.05) is 11.8 Å². The Balaban J connectivity index is 1.81. The molecule has 5 aliphatic rings. The summed E-state index contributed by atoms with van der Waals surface area (Å²) in [6.45, 7) is 12.9. The zero-order valence-electron chi connectivity index (χ0n) is 16.5. The normalized spacial score (nSPS) is 53.2. The number of ether oxygens (including phenoxy) is 2. The van der Waals surface area contributed by atoms with E-state index in [1.54, 1.807) is 0 Å². The summed E-state index contributed by atoms with van der Waals surface area (Å²) in [4.78, 5) is 26.4. The minimum atomic E-state index is -0.930. The smallest absolute Gasteiger partial charge is 0.422 e. The van der Waals surface area contributed by atoms with Crippen LogP contribution in [-0.2, 0) is 14.3 Å². The Bertz CT molecular complexity index is 805. The Morgan fingerprint density at radius 2 is 1.81 bits per heavy atom. The molecule has 1 aliphatic heterocycles. The van der Waals surface area contributed by atoms with Gasteiger partial charge in [0.2, 0.25) is 0 Å². The van der Waals surface area contributed by atoms with Gasteiger partial charge < -0.3 is 9.47 Å². The van der Waals surface area contributed by atoms with E-state index < -0.39 is 23.3 Å². The van der Waals surface area contributed by atoms with Crippen LogP contribution in [0.1, 0.15) is 48.0 Å². The molecule has 8 atom stereocenters. The molecule has 2 saturated carbocycles. The Morgan fingerprint density at radius 1 is 1.12 bits per heavy atom. The number of ketones is 1. The van der Waals surface area contributed by atoms with Crippen LogP contribution in [0.25, 0.3) is 0 Å². The van der Waals surface area contributed by atoms with Crippen molar-refractivity contribution in [1.29, 1.82) is 0 Å². The largest absolute Gasteiger partial charge is 0.509 e. The predicted octanol–water partition coefficient (Wildman–Crippen LogP) is 4.30. The van der Waals surface area contributed by atoms with Crippen molar-refractivity contribution in [3.63, 3.8) is 0 Å². The molecule has 0 aromatic heterocycles. The highest BCUT2D eigenvalue weighted by Crippen LogP contribution is 2.73. The molecule has 1 saturated heterocycles. The molecule has 0 N–H and O–H groups in total. The van der Waals surface area contributed by atoms with Gasteiger partial charge in [-0.05, 0) is 49.0 Å². The fourth-order valence-electron chi connectivity index (χ4n) is 7.28. The van der Waals surface area contributed by atoms with Crippen LogP contribution in [0.5, 0.6) is 0 Å². The van der Waals surface area contributed by atoms with Crippen molar-refractivity contribution < 1.29 is 19.1 Å². The molecular formula is C22H28O4. The number of carbonyl (C=O) groups excluding carboxylic acids is 2. The van der Waals surface area contributed by atoms with Gasteiger partial charge in [-0.3, -0.25) is 4.79 Å². The van der Waals surface area contributed by atoms with Gasteiger partial charge in [0.05, 0.1) is 5.41 Å². The number of Topliss-reactive ketones (excluding diaryl/α,β-unsaturated/α-hetero) is 1. The summed E-state index contributed by atoms with van der Waals surface area (Å²) in [6.07, 6.45) is 4.14. The molecule has 0 aromatic carbocycles. The van der Waals surface area contributed by atoms with Crippen molar-refractivity contribution in [3.8, 4) is 0 Å². The molecule has 1 heterocycles. The topological polar surface area (TPSA) is 52.6 Å². The van der Waals surface area contributed by atoms with E-state index in [1.807, 2.05) is 6.92 Å². The molecule has 26 heavy (non-hydrogen) atoms. The summed E-state index contributed by atoms with van der Waals surface area (Å²) in [5.74, 6) is 1.14. The lowest BCUT2D eigenvalue weighted by Gasteiger charge is -2.47. The molecule has 2 bridgehead atoms. The van der Waals surface area contributed by atoms with Gasteiger partial charge >= 0.3 is 6.16 Å². The van der Waals surface area contributed by atoms with Crippen LogP contribution in [-0.4, -0.2) is 23.6 Å². The third-order valence-electron chi connectivity index (χ3n) is 8.76. The van der Waals surface area contributed by atoms with Gasteiger partial charge in [0.15, 0.2) is 17.5 Å². The molecule has 2 spiro atoms. The molecule has 4 nitrogen and oxygen atoms in total. The summed E-state index contributed by atoms with van der Waals surface area (Å²) in [5, 5.41) is 0. The van der Waals surface area contributed by atoms with E-state index in [1.165, 1.54) is 0 Å². The first-order valence-corrected chi connectivity index (χ1v) is 9.90. The van der Waals surface area contributed by atoms with Crippen LogP contribution in [0.3, 0.4) is 0 Å². The Labute approximate surface area is 155 Å². The SMILES string of the molecule is CC1=C[C@@H]2C(=O)[C@]3(C=C(C)[C@H](C)[C@]34OC(=O)O[C@H]14)[C@H](C)C[C@@H]1[C@H]2C1(C)C. The maximum Gasteiger partial charge on any atom is 0.509 e. The maximum absolute atomic E-state index is 14.1. The highest BCUT2D eigenvalue weighted by Gasteiger charge is 2.79. The molecule has 3 fully saturated rings. The molecule has 0 amide bonds. The zero-order valence-corrected chi connectivity index (χ0v) is 16.5. The first kappa shape index (κ1) is 16.6. The van der Waals surface area contributed by atoms with E-state index in [9.17, 15) is 9.59 Å². The van der Waals surface area contributed by atoms with Crippen molar-refractivity contribution in [3.05, 3.63) is 23.3 Å². The van der Waals surface area contributed by atoms with Crippen LogP contribution < -0.4 is 0 Å². The molecule has 4 heteroatoms. The van der Waals surface area contributed by atoms with E-state index >= 15 is 0 Å². The van der Waals surface area contributed by atoms with Crippen molar-refractivity contribution in [2.75, 3.05) is 0 Å². The van der Waals surface area contributed by atoms with Crippen LogP contribution in [0.15, 0.2) is 23.3 Å². The Morgan fingerprint density at radius 3 is 2.50 bits per heavy atom. The second kappa shape index (κ2) is 4.45. The fraction of sp³-hybridized carbons (Fsp3) is 0.727. The van der Waals surface area contributed by atoms with Gasteiger partial charge in [-0.25, -0.2) is 4.79 Å². The van der Waals surface area contributed by atoms with Gasteiger partial charge in [0.25, 0.3) is 0 Å². The highest BCUT2D eigenvalue weighted by molar-refractivity contribution is 5.96. The number of fused-ring (bicyclic) bond motifs is 3. The number of carbonyl (C=O) groups is 2. The summed E-state index contributed by atoms with van der Waals surface area (Å²) in [5.41, 5.74) is 0.593. The quantitative estimate of drug-likeness (QED) is 0.480. The first-order chi connectivity index (χ1) is 12.1. The third-order valence-corrected chi connectivity index (χ3v) is 8.76. The summed E-state index contributed by atoms with van der Waals surface area (Å²) < 4.78 is 11.7. The maximum atomic E-state index is 14.1. The van der Waals surface area contributed by atoms with E-state index in [0.29, 0.717) is 11.8 Å². The lowest BCUT2D eigenvalue weighted by atomic mass is 9.57. The van der Waals surface area contributed by atoms with Gasteiger partial charge in [0.1, 0.15) is 0 Å². The van der Waals surface area contributed by atoms with E-state index in [4.69, 9.17) is 9.47 Å². The van der Waals surface area contributed by atoms with Crippen LogP contribution in [0, 0.1) is 40.4 Å². The summed E-state index contributed by atoms with van der Waals surface area (Å²) in [7, 11) is 0. The summed E-state index contributed by atoms with van der Waals surface area (Å²) in [6, 6.07) is 0. The lowest BCUT2D eigenvalue weighted by Crippen LogP contribution is -2.61. The second-order valence-electron chi connectivity index (χ2n) is 10.0. The van der Waals surface area contributed by atoms with E-state index in [-0.39, 0.29) is 29.0 Å². The average molecular weight is 356 g/mol. The van der Waals surface area contributed by atoms with Crippen molar-refractivity contribution >= 4 is 11.9 Å². The number of rotatable bonds is 0. The van der Waals surface area contributed by atoms with Gasteiger partial charge in [-0.2, -0.15) is 0 Å². The number of hydrogen-bond acceptors (Lipinski definition) is 4. The molecular weight excluding hydrogens is 328 g/mol. The molecule has 0 radical (unpaired) electrons. The lowest BCUT2D eigenvalue weighted by molar-refractivity contribution is -0.151. The molecule has 4 aliphatic carbocycles. The van der Waals surface area contributed by atoms with Crippen LogP contribution in [0.2, 0.25) is 0 Å². The standard InChI is InChI=1S/C22H28O4/c1-10-7-14-16-15(20(16,5)6)8-12(3)21(17(14)23)9-11(2)13(4)22(21)18(10)25-19(24)26-22/h7,9,12-16,18H,8H2,1-6H3/t12-,13+,14+,15-,16+,18-,21+,22-/m1/s1. The Kier molecular flexibility index (Phi) is 2.84. The third kappa shape index (κ3) is 1.48. The number of hydrogen-bond donors (Lipinski definition) is 0. The zero-order chi connectivity index (χ0) is 18.8. The highest BCUT2D eigenvalue weighted by atomic mass is 16.8. The molecule has 0 aromatic rings. The van der Waals surface area contributed by atoms with E-state index in [2.05, 4.69) is 46.8 Å². The first-order valence-electron chi connectivity index (χ1n) is 9.90. The van der Waals surface area contributed by atoms with Crippen molar-refractivity contribution in [1.82, 2.24) is 0 Å². The van der Waals surface area contributed by atoms with Crippen LogP contribution >= 0.6 is 0 Å². The molecule has 0 unspecified atom stereocenters. The predicted molar refractivity (Wildman–Crippen MR) is 96.2 cm³/mol. The minimum Gasteiger partial charge on any atom is -0.422 e. The summed E-state index contributed by atoms with van der Waals surface area (Å²) >= 11 is 0. The number of allylic oxidation sites excluding steroid dienone is 1. The molecule has 140 valence electrons. The fourth-order valence-corrected chi connectivity index (χ4v) is 7.28. The van der Waals surface area contributed by atoms with Crippen molar-refractivity contribution in [2.24, 2.45) is 40.4 Å². The second-order valence-corrected chi connectivity index (χ2v) is 10.0. The minimum absolute atomic E-state index is 0.0325. The Hall–Kier alpha value is -1.58. The molecule has 5 rings (SSSR count). The van der Waals surface area contributed by atoms with E-state index in [0.717, 1.165) is 17.6 Å². The average Bonchev–Trinajstić information content (AvgIpc) is 2.86. The van der Waals surface area contributed by atoms with Crippen molar-refractivity contribution in [2.45, 2.75) is 59.7 Å². The van der Waals surface area contributed by atoms with Gasteiger partial charge in [-0.1, -0.05) is 45.4 Å².